The van der Waals surface area contributed by atoms with Crippen LogP contribution in [0.3, 0.4) is 0 Å². The molecule has 0 radical (unpaired) electrons. The smallest absolute Gasteiger partial charge is 0.394 e. The van der Waals surface area contributed by atoms with Crippen LogP contribution in [-0.4, -0.2) is 30.7 Å². The van der Waals surface area contributed by atoms with E-state index in [9.17, 15) is 40.0 Å². The molecule has 14 heteroatoms. The highest BCUT2D eigenvalue weighted by molar-refractivity contribution is 7.92. The van der Waals surface area contributed by atoms with Crippen LogP contribution in [0.4, 0.5) is 27.6 Å². The lowest BCUT2D eigenvalue weighted by Gasteiger charge is -2.17. The number of nitrogens with zero attached hydrogens (tertiary/aromatic N) is 1. The van der Waals surface area contributed by atoms with Gasteiger partial charge < -0.3 is 9.30 Å². The third kappa shape index (κ3) is 5.64. The van der Waals surface area contributed by atoms with Crippen molar-refractivity contribution >= 4 is 42.9 Å². The standard InChI is InChI=1S/C28H23F5N2O5S2/c1-3-42(38,39)34-16-5-7-22(40-23-6-4-15(29)10-20(23)30)17(11-16)19-14-35(2)26(37)25-18(19)12-24(41-25)21(36)13-27(8-9-27)28(31,32)33/h4-7,10-12,14,34H,3,8-9,13H2,1-2H3. The Hall–Kier alpha value is -3.78. The van der Waals surface area contributed by atoms with E-state index in [0.29, 0.717) is 6.07 Å². The molecule has 2 heterocycles. The second-order valence-electron chi connectivity index (χ2n) is 10.1. The van der Waals surface area contributed by atoms with E-state index < -0.39 is 51.0 Å². The Balaban J connectivity index is 1.66. The van der Waals surface area contributed by atoms with E-state index in [1.165, 1.54) is 49.0 Å². The van der Waals surface area contributed by atoms with E-state index in [4.69, 9.17) is 4.74 Å². The van der Waals surface area contributed by atoms with Gasteiger partial charge in [-0.25, -0.2) is 17.2 Å². The molecule has 1 N–H and O–H groups in total. The molecule has 0 aliphatic heterocycles. The fraction of sp³-hybridized carbons (Fsp3) is 0.286. The number of thiophene rings is 1. The molecule has 1 saturated carbocycles. The zero-order valence-corrected chi connectivity index (χ0v) is 23.8. The second-order valence-corrected chi connectivity index (χ2v) is 13.1. The minimum absolute atomic E-state index is 0.00650. The van der Waals surface area contributed by atoms with E-state index in [1.54, 1.807) is 0 Å². The summed E-state index contributed by atoms with van der Waals surface area (Å²) in [6.45, 7) is 1.43. The largest absolute Gasteiger partial charge is 0.454 e. The SMILES string of the molecule is CCS(=O)(=O)Nc1ccc(Oc2ccc(F)cc2F)c(-c2cn(C)c(=O)c3sc(C(=O)CC4(C(F)(F)F)CC4)cc23)c1. The van der Waals surface area contributed by atoms with Gasteiger partial charge in [-0.15, -0.1) is 11.3 Å². The highest BCUT2D eigenvalue weighted by Crippen LogP contribution is 2.60. The molecule has 0 atom stereocenters. The Morgan fingerprint density at radius 2 is 1.76 bits per heavy atom. The molecule has 4 aromatic rings. The lowest BCUT2D eigenvalue weighted by Crippen LogP contribution is -2.27. The number of rotatable bonds is 9. The number of fused-ring (bicyclic) bond motifs is 1. The van der Waals surface area contributed by atoms with Crippen LogP contribution in [0.5, 0.6) is 11.5 Å². The third-order valence-electron chi connectivity index (χ3n) is 7.13. The predicted octanol–water partition coefficient (Wildman–Crippen LogP) is 7.01. The number of ketones is 1. The normalized spacial score (nSPS) is 14.6. The molecule has 5 rings (SSSR count). The van der Waals surface area contributed by atoms with Gasteiger partial charge >= 0.3 is 6.18 Å². The van der Waals surface area contributed by atoms with Gasteiger partial charge in [0, 0.05) is 47.9 Å². The van der Waals surface area contributed by atoms with Gasteiger partial charge in [-0.05, 0) is 56.2 Å². The molecule has 2 aromatic carbocycles. The topological polar surface area (TPSA) is 94.5 Å². The van der Waals surface area contributed by atoms with Crippen molar-refractivity contribution in [3.63, 3.8) is 0 Å². The maximum absolute atomic E-state index is 14.5. The van der Waals surface area contributed by atoms with Crippen molar-refractivity contribution < 1.29 is 39.9 Å². The van der Waals surface area contributed by atoms with E-state index in [2.05, 4.69) is 4.72 Å². The third-order valence-corrected chi connectivity index (χ3v) is 9.60. The molecule has 1 aliphatic rings. The number of nitrogens with one attached hydrogen (secondary N) is 1. The number of hydrogen-bond acceptors (Lipinski definition) is 6. The first-order chi connectivity index (χ1) is 19.6. The van der Waals surface area contributed by atoms with Gasteiger partial charge in [0.2, 0.25) is 10.0 Å². The molecule has 222 valence electrons. The molecule has 0 unspecified atom stereocenters. The van der Waals surface area contributed by atoms with Gasteiger partial charge in [0.15, 0.2) is 17.3 Å². The summed E-state index contributed by atoms with van der Waals surface area (Å²) in [5, 5.41) is 0.211. The number of aryl methyl sites for hydroxylation is 1. The molecule has 0 bridgehead atoms. The van der Waals surface area contributed by atoms with Gasteiger partial charge in [-0.2, -0.15) is 13.2 Å². The van der Waals surface area contributed by atoms with Crippen LogP contribution in [0, 0.1) is 17.0 Å². The van der Waals surface area contributed by atoms with Crippen molar-refractivity contribution in [2.75, 3.05) is 10.5 Å². The Labute approximate surface area is 240 Å². The van der Waals surface area contributed by atoms with Crippen molar-refractivity contribution in [1.29, 1.82) is 0 Å². The number of sulfonamides is 1. The summed E-state index contributed by atoms with van der Waals surface area (Å²) < 4.78 is 102. The quantitative estimate of drug-likeness (QED) is 0.159. The molecule has 7 nitrogen and oxygen atoms in total. The van der Waals surface area contributed by atoms with Crippen LogP contribution >= 0.6 is 11.3 Å². The van der Waals surface area contributed by atoms with Gasteiger partial charge in [0.1, 0.15) is 16.3 Å². The van der Waals surface area contributed by atoms with Crippen LogP contribution in [0.25, 0.3) is 21.2 Å². The van der Waals surface area contributed by atoms with Crippen LogP contribution in [0.2, 0.25) is 0 Å². The lowest BCUT2D eigenvalue weighted by molar-refractivity contribution is -0.185. The maximum atomic E-state index is 14.5. The zero-order chi connectivity index (χ0) is 30.6. The average molecular weight is 627 g/mol. The Morgan fingerprint density at radius 1 is 1.07 bits per heavy atom. The first kappa shape index (κ1) is 29.7. The Morgan fingerprint density at radius 3 is 2.38 bits per heavy atom. The summed E-state index contributed by atoms with van der Waals surface area (Å²) in [6.07, 6.45) is -4.19. The van der Waals surface area contributed by atoms with Crippen molar-refractivity contribution in [3.8, 4) is 22.6 Å². The fourth-order valence-electron chi connectivity index (χ4n) is 4.51. The van der Waals surface area contributed by atoms with Crippen molar-refractivity contribution in [2.24, 2.45) is 12.5 Å². The first-order valence-electron chi connectivity index (χ1n) is 12.6. The molecule has 42 heavy (non-hydrogen) atoms. The second kappa shape index (κ2) is 10.5. The molecule has 0 amide bonds. The highest BCUT2D eigenvalue weighted by Gasteiger charge is 2.63. The number of alkyl halides is 3. The molecule has 2 aromatic heterocycles. The first-order valence-corrected chi connectivity index (χ1v) is 15.1. The number of carbonyl (C=O) groups is 1. The molecule has 0 spiro atoms. The van der Waals surface area contributed by atoms with Crippen molar-refractivity contribution in [1.82, 2.24) is 4.57 Å². The molecular formula is C28H23F5N2O5S2. The van der Waals surface area contributed by atoms with E-state index in [-0.39, 0.29) is 61.9 Å². The fourth-order valence-corrected chi connectivity index (χ4v) is 6.23. The maximum Gasteiger partial charge on any atom is 0.394 e. The van der Waals surface area contributed by atoms with Crippen molar-refractivity contribution in [2.45, 2.75) is 32.4 Å². The molecule has 1 aliphatic carbocycles. The van der Waals surface area contributed by atoms with Crippen molar-refractivity contribution in [3.05, 3.63) is 75.5 Å². The number of carbonyl (C=O) groups excluding carboxylic acids is 1. The average Bonchev–Trinajstić information content (AvgIpc) is 3.57. The number of benzene rings is 2. The number of ether oxygens (including phenoxy) is 1. The summed E-state index contributed by atoms with van der Waals surface area (Å²) in [7, 11) is -2.30. The number of aromatic nitrogens is 1. The van der Waals surface area contributed by atoms with Gasteiger partial charge in [-0.1, -0.05) is 0 Å². The van der Waals surface area contributed by atoms with Gasteiger partial charge in [0.25, 0.3) is 5.56 Å². The zero-order valence-electron chi connectivity index (χ0n) is 22.1. The number of hydrogen-bond donors (Lipinski definition) is 1. The minimum atomic E-state index is -4.53. The van der Waals surface area contributed by atoms with Crippen LogP contribution in [0.15, 0.2) is 53.5 Å². The minimum Gasteiger partial charge on any atom is -0.454 e. The molecule has 0 saturated heterocycles. The number of pyridine rings is 1. The summed E-state index contributed by atoms with van der Waals surface area (Å²) >= 11 is 0.762. The molecule has 1 fully saturated rings. The van der Waals surface area contributed by atoms with E-state index in [1.807, 2.05) is 0 Å². The van der Waals surface area contributed by atoms with Crippen LogP contribution in [-0.2, 0) is 17.1 Å². The monoisotopic (exact) mass is 626 g/mol. The van der Waals surface area contributed by atoms with Crippen LogP contribution in [0.1, 0.15) is 35.9 Å². The summed E-state index contributed by atoms with van der Waals surface area (Å²) in [5.41, 5.74) is -2.05. The van der Waals surface area contributed by atoms with Gasteiger partial charge in [0.05, 0.1) is 16.0 Å². The summed E-state index contributed by atoms with van der Waals surface area (Å²) in [5.74, 6) is -3.19. The number of anilines is 1. The lowest BCUT2D eigenvalue weighted by atomic mass is 9.97. The summed E-state index contributed by atoms with van der Waals surface area (Å²) in [4.78, 5) is 26.0. The number of Topliss-reactive ketones (excluding diaryl/α,β-unsaturated/α-hetero) is 1. The summed E-state index contributed by atoms with van der Waals surface area (Å²) in [6, 6.07) is 8.09. The highest BCUT2D eigenvalue weighted by atomic mass is 32.2. The van der Waals surface area contributed by atoms with E-state index in [0.717, 1.165) is 23.5 Å². The van der Waals surface area contributed by atoms with Gasteiger partial charge in [-0.3, -0.25) is 14.3 Å². The molecular weight excluding hydrogens is 603 g/mol. The Kier molecular flexibility index (Phi) is 7.42. The Bertz CT molecular complexity index is 1890. The van der Waals surface area contributed by atoms with E-state index >= 15 is 0 Å². The number of halogens is 5. The van der Waals surface area contributed by atoms with Crippen LogP contribution < -0.4 is 15.0 Å². The predicted molar refractivity (Wildman–Crippen MR) is 149 cm³/mol.